The number of hydrogen-bond donors (Lipinski definition) is 4. The Morgan fingerprint density at radius 1 is 0.917 bits per heavy atom. The SMILES string of the molecule is NC1(N)OC(N)(N)C(=O)OC1=O. The predicted octanol–water partition coefficient (Wildman–Crippen LogP) is -3.77. The second kappa shape index (κ2) is 2.21. The molecule has 1 fully saturated rings. The van der Waals surface area contributed by atoms with Gasteiger partial charge in [0.25, 0.3) is 11.7 Å². The van der Waals surface area contributed by atoms with Crippen molar-refractivity contribution < 1.29 is 19.1 Å². The number of nitrogens with two attached hydrogens (primary N) is 4. The zero-order valence-corrected chi connectivity index (χ0v) is 5.94. The van der Waals surface area contributed by atoms with Crippen LogP contribution in [-0.2, 0) is 19.1 Å². The second-order valence-electron chi connectivity index (χ2n) is 2.37. The Morgan fingerprint density at radius 3 is 1.50 bits per heavy atom. The van der Waals surface area contributed by atoms with Gasteiger partial charge in [-0.25, -0.2) is 9.59 Å². The van der Waals surface area contributed by atoms with Gasteiger partial charge in [-0.1, -0.05) is 0 Å². The minimum atomic E-state index is -2.28. The van der Waals surface area contributed by atoms with Gasteiger partial charge in [0.05, 0.1) is 0 Å². The Hall–Kier alpha value is -1.06. The van der Waals surface area contributed by atoms with Crippen LogP contribution in [0, 0.1) is 0 Å². The van der Waals surface area contributed by atoms with E-state index in [4.69, 9.17) is 22.9 Å². The summed E-state index contributed by atoms with van der Waals surface area (Å²) in [4.78, 5) is 21.4. The van der Waals surface area contributed by atoms with Crippen LogP contribution in [0.2, 0.25) is 0 Å². The van der Waals surface area contributed by atoms with Crippen molar-refractivity contribution in [3.8, 4) is 0 Å². The van der Waals surface area contributed by atoms with E-state index in [0.717, 1.165) is 0 Å². The molecule has 0 radical (unpaired) electrons. The van der Waals surface area contributed by atoms with E-state index in [1.807, 2.05) is 0 Å². The van der Waals surface area contributed by atoms with Gasteiger partial charge in [-0.2, -0.15) is 0 Å². The van der Waals surface area contributed by atoms with Crippen LogP contribution in [0.1, 0.15) is 0 Å². The Bertz CT molecular complexity index is 223. The third-order valence-corrected chi connectivity index (χ3v) is 1.16. The molecule has 0 aromatic heterocycles. The molecule has 0 aliphatic carbocycles. The first-order valence-corrected chi connectivity index (χ1v) is 2.88. The Kier molecular flexibility index (Phi) is 1.67. The number of cyclic esters (lactones) is 2. The van der Waals surface area contributed by atoms with Gasteiger partial charge in [-0.3, -0.25) is 27.7 Å². The summed E-state index contributed by atoms with van der Waals surface area (Å²) in [5.41, 5.74) is 20.1. The molecule has 0 aromatic rings. The molecule has 68 valence electrons. The van der Waals surface area contributed by atoms with Crippen LogP contribution >= 0.6 is 0 Å². The van der Waals surface area contributed by atoms with Crippen LogP contribution in [0.3, 0.4) is 0 Å². The number of rotatable bonds is 0. The molecule has 1 saturated heterocycles. The summed E-state index contributed by atoms with van der Waals surface area (Å²) in [6.07, 6.45) is 0. The normalized spacial score (nSPS) is 26.7. The van der Waals surface area contributed by atoms with Crippen LogP contribution in [0.4, 0.5) is 0 Å². The molecule has 0 atom stereocenters. The molecular formula is C4H8N4O4. The molecule has 1 aliphatic heterocycles. The van der Waals surface area contributed by atoms with Gasteiger partial charge >= 0.3 is 11.9 Å². The highest BCUT2D eigenvalue weighted by Crippen LogP contribution is 2.13. The Balaban J connectivity index is 2.93. The smallest absolute Gasteiger partial charge is 0.377 e. The summed E-state index contributed by atoms with van der Waals surface area (Å²) in [7, 11) is 0. The van der Waals surface area contributed by atoms with Gasteiger partial charge in [0, 0.05) is 0 Å². The topological polar surface area (TPSA) is 157 Å². The number of hydrogen-bond acceptors (Lipinski definition) is 8. The maximum Gasteiger partial charge on any atom is 0.377 e. The third kappa shape index (κ3) is 1.29. The van der Waals surface area contributed by atoms with Crippen molar-refractivity contribution in [3.63, 3.8) is 0 Å². The summed E-state index contributed by atoms with van der Waals surface area (Å²) in [5.74, 6) is -7.03. The molecule has 1 rings (SSSR count). The minimum Gasteiger partial charge on any atom is -0.385 e. The number of carbonyl (C=O) groups is 2. The highest BCUT2D eigenvalue weighted by Gasteiger charge is 2.51. The van der Waals surface area contributed by atoms with E-state index in [1.165, 1.54) is 0 Å². The predicted molar refractivity (Wildman–Crippen MR) is 34.4 cm³/mol. The fraction of sp³-hybridized carbons (Fsp3) is 0.500. The molecule has 0 unspecified atom stereocenters. The van der Waals surface area contributed by atoms with Crippen LogP contribution in [-0.4, -0.2) is 23.6 Å². The number of esters is 2. The fourth-order valence-electron chi connectivity index (χ4n) is 0.606. The largest absolute Gasteiger partial charge is 0.385 e. The molecule has 0 amide bonds. The minimum absolute atomic E-state index is 1.24. The lowest BCUT2D eigenvalue weighted by molar-refractivity contribution is -0.231. The molecule has 0 bridgehead atoms. The summed E-state index contributed by atoms with van der Waals surface area (Å²) < 4.78 is 8.39. The van der Waals surface area contributed by atoms with Gasteiger partial charge in [-0.15, -0.1) is 0 Å². The van der Waals surface area contributed by atoms with E-state index in [9.17, 15) is 9.59 Å². The molecule has 0 spiro atoms. The van der Waals surface area contributed by atoms with Crippen molar-refractivity contribution in [2.75, 3.05) is 0 Å². The highest BCUT2D eigenvalue weighted by molar-refractivity contribution is 5.95. The molecule has 8 nitrogen and oxygen atoms in total. The standard InChI is InChI=1S/C4H8N4O4/c5-3(6)1(9)11-2(10)4(7,8)12-3/h5-8H2. The summed E-state index contributed by atoms with van der Waals surface area (Å²) in [6, 6.07) is 0. The third-order valence-electron chi connectivity index (χ3n) is 1.16. The number of carbonyl (C=O) groups excluding carboxylic acids is 2. The van der Waals surface area contributed by atoms with E-state index in [2.05, 4.69) is 9.47 Å². The van der Waals surface area contributed by atoms with E-state index in [1.54, 1.807) is 0 Å². The lowest BCUT2D eigenvalue weighted by Gasteiger charge is -2.35. The van der Waals surface area contributed by atoms with Crippen molar-refractivity contribution in [1.82, 2.24) is 0 Å². The van der Waals surface area contributed by atoms with Crippen molar-refractivity contribution in [3.05, 3.63) is 0 Å². The van der Waals surface area contributed by atoms with Crippen LogP contribution in [0.5, 0.6) is 0 Å². The van der Waals surface area contributed by atoms with Gasteiger partial charge in [0.1, 0.15) is 0 Å². The molecule has 12 heavy (non-hydrogen) atoms. The monoisotopic (exact) mass is 176 g/mol. The molecule has 0 aromatic carbocycles. The molecular weight excluding hydrogens is 168 g/mol. The summed E-state index contributed by atoms with van der Waals surface area (Å²) in [6.45, 7) is 0. The zero-order valence-electron chi connectivity index (χ0n) is 5.94. The summed E-state index contributed by atoms with van der Waals surface area (Å²) >= 11 is 0. The maximum atomic E-state index is 10.7. The lowest BCUT2D eigenvalue weighted by Crippen LogP contribution is -2.75. The average molecular weight is 176 g/mol. The first-order valence-electron chi connectivity index (χ1n) is 2.88. The first kappa shape index (κ1) is 9.03. The molecule has 8 heteroatoms. The van der Waals surface area contributed by atoms with Crippen molar-refractivity contribution >= 4 is 11.9 Å². The zero-order chi connectivity index (χ0) is 9.57. The van der Waals surface area contributed by atoms with Gasteiger partial charge in [0.15, 0.2) is 0 Å². The summed E-state index contributed by atoms with van der Waals surface area (Å²) in [5, 5.41) is 0. The van der Waals surface area contributed by atoms with Gasteiger partial charge in [-0.05, 0) is 0 Å². The number of ether oxygens (including phenoxy) is 2. The van der Waals surface area contributed by atoms with Crippen LogP contribution in [0.15, 0.2) is 0 Å². The molecule has 0 saturated carbocycles. The highest BCUT2D eigenvalue weighted by atomic mass is 16.7. The van der Waals surface area contributed by atoms with Crippen LogP contribution < -0.4 is 22.9 Å². The van der Waals surface area contributed by atoms with Crippen molar-refractivity contribution in [2.24, 2.45) is 22.9 Å². The van der Waals surface area contributed by atoms with E-state index in [-0.39, 0.29) is 0 Å². The second-order valence-corrected chi connectivity index (χ2v) is 2.37. The molecule has 8 N–H and O–H groups in total. The van der Waals surface area contributed by atoms with Gasteiger partial charge < -0.3 is 4.74 Å². The van der Waals surface area contributed by atoms with Crippen molar-refractivity contribution in [1.29, 1.82) is 0 Å². The van der Waals surface area contributed by atoms with Gasteiger partial charge in [0.2, 0.25) is 0 Å². The molecule has 1 heterocycles. The lowest BCUT2D eigenvalue weighted by atomic mass is 10.3. The first-order chi connectivity index (χ1) is 5.26. The Labute approximate surface area is 66.7 Å². The molecule has 1 aliphatic rings. The maximum absolute atomic E-state index is 10.7. The fourth-order valence-corrected chi connectivity index (χ4v) is 0.606. The van der Waals surface area contributed by atoms with E-state index < -0.39 is 23.6 Å². The quantitative estimate of drug-likeness (QED) is 0.166. The average Bonchev–Trinajstić information content (AvgIpc) is 1.82. The van der Waals surface area contributed by atoms with E-state index >= 15 is 0 Å². The van der Waals surface area contributed by atoms with Crippen LogP contribution in [0.25, 0.3) is 0 Å². The Morgan fingerprint density at radius 2 is 1.25 bits per heavy atom. The van der Waals surface area contributed by atoms with Crippen molar-refractivity contribution in [2.45, 2.75) is 11.7 Å². The van der Waals surface area contributed by atoms with E-state index in [0.29, 0.717) is 0 Å².